The van der Waals surface area contributed by atoms with E-state index in [-0.39, 0.29) is 0 Å². The molecule has 3 heteroatoms. The normalized spacial score (nSPS) is 11.7. The summed E-state index contributed by atoms with van der Waals surface area (Å²) in [4.78, 5) is 9.46. The van der Waals surface area contributed by atoms with Crippen LogP contribution in [0.5, 0.6) is 0 Å². The van der Waals surface area contributed by atoms with Gasteiger partial charge in [0.05, 0.1) is 22.1 Å². The van der Waals surface area contributed by atoms with Crippen LogP contribution in [-0.2, 0) is 0 Å². The Morgan fingerprint density at radius 2 is 0.776 bits per heavy atom. The Kier molecular flexibility index (Phi) is 6.18. The predicted octanol–water partition coefficient (Wildman–Crippen LogP) is 12.0. The van der Waals surface area contributed by atoms with Crippen LogP contribution in [0.25, 0.3) is 93.5 Å². The molecule has 10 aromatic rings. The summed E-state index contributed by atoms with van der Waals surface area (Å²) in [6.07, 6.45) is 3.56. The van der Waals surface area contributed by atoms with Crippen molar-refractivity contribution in [2.24, 2.45) is 0 Å². The molecule has 2 heterocycles. The zero-order valence-electron chi connectivity index (χ0n) is 26.6. The highest BCUT2D eigenvalue weighted by molar-refractivity contribution is 6.23. The summed E-state index contributed by atoms with van der Waals surface area (Å²) < 4.78 is 2.41. The highest BCUT2D eigenvalue weighted by Crippen LogP contribution is 2.39. The van der Waals surface area contributed by atoms with Crippen LogP contribution in [-0.4, -0.2) is 14.5 Å². The van der Waals surface area contributed by atoms with Crippen LogP contribution in [0.4, 0.5) is 0 Å². The monoisotopic (exact) mass is 623 g/mol. The van der Waals surface area contributed by atoms with Gasteiger partial charge < -0.3 is 4.57 Å². The standard InChI is InChI=1S/C46H29N3/c1-3-10-30(11-4-1)33-19-22-43-41(28-33)42-29-34(31-12-5-2-6-13-31)20-23-44(42)49(43)36-15-9-14-32(26-36)35-18-21-39-40(27-35)37-16-7-8-17-38(37)45-46(39)48-25-24-47-45/h1-29H. The predicted molar refractivity (Wildman–Crippen MR) is 205 cm³/mol. The number of hydrogen-bond acceptors (Lipinski definition) is 2. The molecule has 228 valence electrons. The van der Waals surface area contributed by atoms with E-state index in [0.29, 0.717) is 0 Å². The molecule has 0 amide bonds. The lowest BCUT2D eigenvalue weighted by molar-refractivity contribution is 1.18. The molecule has 10 rings (SSSR count). The van der Waals surface area contributed by atoms with Crippen molar-refractivity contribution in [2.75, 3.05) is 0 Å². The molecule has 0 aliphatic carbocycles. The number of hydrogen-bond donors (Lipinski definition) is 0. The van der Waals surface area contributed by atoms with Crippen LogP contribution < -0.4 is 0 Å². The molecule has 0 aliphatic rings. The minimum Gasteiger partial charge on any atom is -0.309 e. The quantitative estimate of drug-likeness (QED) is 0.183. The third kappa shape index (κ3) is 4.44. The van der Waals surface area contributed by atoms with Crippen LogP contribution in [0.2, 0.25) is 0 Å². The SMILES string of the molecule is c1ccc(-c2ccc3c(c2)c2cc(-c4ccccc4)ccc2n3-c2cccc(-c3ccc4c(c3)c3ccccc3c3nccnc43)c2)cc1. The van der Waals surface area contributed by atoms with E-state index < -0.39 is 0 Å². The van der Waals surface area contributed by atoms with Gasteiger partial charge in [-0.1, -0.05) is 121 Å². The summed E-state index contributed by atoms with van der Waals surface area (Å²) in [6, 6.07) is 59.2. The van der Waals surface area contributed by atoms with E-state index >= 15 is 0 Å². The minimum atomic E-state index is 0.937. The average molecular weight is 624 g/mol. The van der Waals surface area contributed by atoms with Crippen LogP contribution in [0, 0.1) is 0 Å². The van der Waals surface area contributed by atoms with E-state index in [1.165, 1.54) is 66.0 Å². The molecular weight excluding hydrogens is 595 g/mol. The first-order chi connectivity index (χ1) is 24.3. The van der Waals surface area contributed by atoms with E-state index in [1.807, 2.05) is 0 Å². The van der Waals surface area contributed by atoms with Crippen LogP contribution in [0.3, 0.4) is 0 Å². The first-order valence-corrected chi connectivity index (χ1v) is 16.7. The van der Waals surface area contributed by atoms with Gasteiger partial charge in [-0.3, -0.25) is 9.97 Å². The van der Waals surface area contributed by atoms with Crippen molar-refractivity contribution < 1.29 is 0 Å². The molecule has 0 aliphatic heterocycles. The molecule has 0 radical (unpaired) electrons. The summed E-state index contributed by atoms with van der Waals surface area (Å²) in [7, 11) is 0. The molecule has 0 spiro atoms. The Bertz CT molecular complexity index is 2740. The third-order valence-corrected chi connectivity index (χ3v) is 9.86. The Balaban J connectivity index is 1.18. The van der Waals surface area contributed by atoms with Crippen molar-refractivity contribution in [3.05, 3.63) is 176 Å². The van der Waals surface area contributed by atoms with Crippen LogP contribution in [0.15, 0.2) is 176 Å². The molecule has 0 bridgehead atoms. The molecule has 3 nitrogen and oxygen atoms in total. The first kappa shape index (κ1) is 27.5. The average Bonchev–Trinajstić information content (AvgIpc) is 3.51. The number of fused-ring (bicyclic) bond motifs is 9. The summed E-state index contributed by atoms with van der Waals surface area (Å²) in [6.45, 7) is 0. The zero-order chi connectivity index (χ0) is 32.3. The Hall–Kier alpha value is -6.58. The lowest BCUT2D eigenvalue weighted by atomic mass is 9.95. The second-order valence-corrected chi connectivity index (χ2v) is 12.6. The molecule has 0 saturated heterocycles. The fourth-order valence-corrected chi connectivity index (χ4v) is 7.56. The van der Waals surface area contributed by atoms with E-state index in [1.54, 1.807) is 12.4 Å². The largest absolute Gasteiger partial charge is 0.309 e. The molecule has 0 saturated carbocycles. The Labute approximate surface area is 283 Å². The number of nitrogens with zero attached hydrogens (tertiary/aromatic N) is 3. The van der Waals surface area contributed by atoms with Crippen LogP contribution >= 0.6 is 0 Å². The van der Waals surface area contributed by atoms with Crippen molar-refractivity contribution in [3.8, 4) is 39.1 Å². The van der Waals surface area contributed by atoms with E-state index in [9.17, 15) is 0 Å². The van der Waals surface area contributed by atoms with Gasteiger partial charge in [-0.25, -0.2) is 0 Å². The zero-order valence-corrected chi connectivity index (χ0v) is 26.6. The van der Waals surface area contributed by atoms with Crippen molar-refractivity contribution >= 4 is 54.4 Å². The summed E-state index contributed by atoms with van der Waals surface area (Å²) in [5.74, 6) is 0. The van der Waals surface area contributed by atoms with Gasteiger partial charge in [0, 0.05) is 39.6 Å². The second kappa shape index (κ2) is 11.0. The first-order valence-electron chi connectivity index (χ1n) is 16.7. The molecule has 8 aromatic carbocycles. The molecule has 0 unspecified atom stereocenters. The van der Waals surface area contributed by atoms with Crippen molar-refractivity contribution in [3.63, 3.8) is 0 Å². The molecule has 0 N–H and O–H groups in total. The smallest absolute Gasteiger partial charge is 0.0971 e. The molecule has 2 aromatic heterocycles. The maximum atomic E-state index is 4.75. The van der Waals surface area contributed by atoms with Gasteiger partial charge >= 0.3 is 0 Å². The van der Waals surface area contributed by atoms with Gasteiger partial charge in [-0.05, 0) is 86.6 Å². The van der Waals surface area contributed by atoms with E-state index in [4.69, 9.17) is 9.97 Å². The molecule has 0 atom stereocenters. The van der Waals surface area contributed by atoms with Crippen molar-refractivity contribution in [1.29, 1.82) is 0 Å². The molecular formula is C46H29N3. The summed E-state index contributed by atoms with van der Waals surface area (Å²) in [5.41, 5.74) is 12.6. The lowest BCUT2D eigenvalue weighted by Gasteiger charge is -2.13. The van der Waals surface area contributed by atoms with Gasteiger partial charge in [0.2, 0.25) is 0 Å². The van der Waals surface area contributed by atoms with Gasteiger partial charge in [-0.2, -0.15) is 0 Å². The number of aromatic nitrogens is 3. The van der Waals surface area contributed by atoms with Crippen molar-refractivity contribution in [1.82, 2.24) is 14.5 Å². The summed E-state index contributed by atoms with van der Waals surface area (Å²) in [5, 5.41) is 7.10. The number of benzene rings is 8. The lowest BCUT2D eigenvalue weighted by Crippen LogP contribution is -1.94. The highest BCUT2D eigenvalue weighted by Gasteiger charge is 2.16. The van der Waals surface area contributed by atoms with E-state index in [2.05, 4.69) is 168 Å². The fourth-order valence-electron chi connectivity index (χ4n) is 7.56. The maximum absolute atomic E-state index is 4.75. The highest BCUT2D eigenvalue weighted by atomic mass is 15.0. The maximum Gasteiger partial charge on any atom is 0.0971 e. The van der Waals surface area contributed by atoms with Crippen LogP contribution in [0.1, 0.15) is 0 Å². The Morgan fingerprint density at radius 3 is 1.41 bits per heavy atom. The summed E-state index contributed by atoms with van der Waals surface area (Å²) >= 11 is 0. The topological polar surface area (TPSA) is 30.7 Å². The van der Waals surface area contributed by atoms with Gasteiger partial charge in [0.25, 0.3) is 0 Å². The van der Waals surface area contributed by atoms with Gasteiger partial charge in [0.1, 0.15) is 0 Å². The third-order valence-electron chi connectivity index (χ3n) is 9.86. The number of rotatable bonds is 4. The van der Waals surface area contributed by atoms with Gasteiger partial charge in [-0.15, -0.1) is 0 Å². The fraction of sp³-hybridized carbons (Fsp3) is 0. The minimum absolute atomic E-state index is 0.937. The van der Waals surface area contributed by atoms with E-state index in [0.717, 1.165) is 27.5 Å². The molecule has 49 heavy (non-hydrogen) atoms. The van der Waals surface area contributed by atoms with Crippen molar-refractivity contribution in [2.45, 2.75) is 0 Å². The van der Waals surface area contributed by atoms with Gasteiger partial charge in [0.15, 0.2) is 0 Å². The Morgan fingerprint density at radius 1 is 0.306 bits per heavy atom. The molecule has 0 fully saturated rings. The second-order valence-electron chi connectivity index (χ2n) is 12.6.